The predicted octanol–water partition coefficient (Wildman–Crippen LogP) is 16.0. The molecule has 8 aromatic carbocycles. The second-order valence-electron chi connectivity index (χ2n) is 20.6. The Morgan fingerprint density at radius 3 is 1.71 bits per heavy atom. The van der Waals surface area contributed by atoms with Crippen LogP contribution < -0.4 is 4.90 Å². The van der Waals surface area contributed by atoms with E-state index < -0.39 is 0 Å². The largest absolute Gasteiger partial charge is 0.310 e. The second kappa shape index (κ2) is 13.4. The fourth-order valence-electron chi connectivity index (χ4n) is 12.1. The number of benzene rings is 8. The quantitative estimate of drug-likeness (QED) is 0.162. The maximum Gasteiger partial charge on any atom is 0.0506 e. The van der Waals surface area contributed by atoms with Crippen LogP contribution in [0.2, 0.25) is 0 Å². The van der Waals surface area contributed by atoms with E-state index in [0.29, 0.717) is 0 Å². The number of aryl methyl sites for hydroxylation is 3. The van der Waals surface area contributed by atoms with Crippen LogP contribution in [0.1, 0.15) is 117 Å². The molecule has 0 saturated heterocycles. The molecule has 8 aromatic rings. The predicted molar refractivity (Wildman–Crippen MR) is 263 cm³/mol. The average Bonchev–Trinajstić information content (AvgIpc) is 3.63. The molecular weight excluding hydrogens is 747 g/mol. The van der Waals surface area contributed by atoms with Crippen LogP contribution in [-0.4, -0.2) is 0 Å². The summed E-state index contributed by atoms with van der Waals surface area (Å²) in [6.45, 7) is 21.5. The highest BCUT2D eigenvalue weighted by molar-refractivity contribution is 5.95. The van der Waals surface area contributed by atoms with Crippen molar-refractivity contribution in [2.45, 2.75) is 96.8 Å². The average molecular weight is 804 g/mol. The molecule has 0 atom stereocenters. The van der Waals surface area contributed by atoms with Crippen molar-refractivity contribution in [2.75, 3.05) is 4.90 Å². The number of hydrogen-bond acceptors (Lipinski definition) is 1. The van der Waals surface area contributed by atoms with Gasteiger partial charge in [0.1, 0.15) is 0 Å². The molecule has 0 saturated carbocycles. The summed E-state index contributed by atoms with van der Waals surface area (Å²) >= 11 is 0. The van der Waals surface area contributed by atoms with Crippen LogP contribution in [0.25, 0.3) is 33.0 Å². The third-order valence-corrected chi connectivity index (χ3v) is 15.6. The van der Waals surface area contributed by atoms with E-state index in [9.17, 15) is 0 Å². The summed E-state index contributed by atoms with van der Waals surface area (Å²) in [4.78, 5) is 2.53. The first-order chi connectivity index (χ1) is 29.7. The van der Waals surface area contributed by atoms with E-state index >= 15 is 0 Å². The van der Waals surface area contributed by atoms with Gasteiger partial charge in [-0.25, -0.2) is 0 Å². The van der Waals surface area contributed by atoms with Gasteiger partial charge in [-0.2, -0.15) is 0 Å². The Morgan fingerprint density at radius 1 is 0.419 bits per heavy atom. The molecule has 2 aliphatic carbocycles. The fraction of sp³-hybridized carbons (Fsp3) is 0.246. The highest BCUT2D eigenvalue weighted by atomic mass is 15.2. The smallest absolute Gasteiger partial charge is 0.0506 e. The zero-order valence-corrected chi connectivity index (χ0v) is 37.9. The normalized spacial score (nSPS) is 16.0. The van der Waals surface area contributed by atoms with Gasteiger partial charge in [0.25, 0.3) is 0 Å². The molecule has 0 bridgehead atoms. The van der Waals surface area contributed by atoms with Crippen LogP contribution in [0.4, 0.5) is 17.1 Å². The zero-order chi connectivity index (χ0) is 42.9. The molecule has 3 aliphatic rings. The van der Waals surface area contributed by atoms with Gasteiger partial charge in [-0.15, -0.1) is 0 Å². The highest BCUT2D eigenvalue weighted by Gasteiger charge is 2.42. The minimum absolute atomic E-state index is 0.00551. The maximum atomic E-state index is 2.53. The maximum absolute atomic E-state index is 2.53. The molecule has 0 amide bonds. The van der Waals surface area contributed by atoms with Crippen LogP contribution in [0, 0.1) is 6.92 Å². The van der Waals surface area contributed by atoms with E-state index in [2.05, 4.69) is 225 Å². The third kappa shape index (κ3) is 5.53. The van der Waals surface area contributed by atoms with E-state index in [0.717, 1.165) is 12.8 Å². The zero-order valence-electron chi connectivity index (χ0n) is 37.9. The Balaban J connectivity index is 0.916. The Morgan fingerprint density at radius 2 is 0.984 bits per heavy atom. The van der Waals surface area contributed by atoms with Gasteiger partial charge >= 0.3 is 0 Å². The molecule has 1 nitrogen and oxygen atoms in total. The van der Waals surface area contributed by atoms with Gasteiger partial charge in [0.2, 0.25) is 0 Å². The summed E-state index contributed by atoms with van der Waals surface area (Å²) in [6.07, 6.45) is 1.98. The minimum atomic E-state index is -0.155. The number of nitrogens with zero attached hydrogens (tertiary/aromatic N) is 1. The van der Waals surface area contributed by atoms with E-state index in [1.165, 1.54) is 111 Å². The SMILES string of the molecule is Cc1cc2c(cc1C(C)(C)c1ccccc1CCc1ccc3cc(N4c5ccccc5C(C)(C)c5cc6c(cc54)C(C)(C)c4ccccc4-6)ccc3c1)-c1ccccc1C2(C)C. The first-order valence-electron chi connectivity index (χ1n) is 22.7. The fourth-order valence-corrected chi connectivity index (χ4v) is 12.1. The van der Waals surface area contributed by atoms with Gasteiger partial charge in [0.15, 0.2) is 0 Å². The molecule has 11 rings (SSSR count). The van der Waals surface area contributed by atoms with Crippen LogP contribution in [0.15, 0.2) is 158 Å². The van der Waals surface area contributed by atoms with Crippen molar-refractivity contribution in [1.82, 2.24) is 0 Å². The van der Waals surface area contributed by atoms with Gasteiger partial charge in [-0.05, 0) is 150 Å². The van der Waals surface area contributed by atoms with Gasteiger partial charge in [-0.3, -0.25) is 0 Å². The van der Waals surface area contributed by atoms with Crippen molar-refractivity contribution >= 4 is 27.8 Å². The second-order valence-corrected chi connectivity index (χ2v) is 20.6. The number of anilines is 3. The first kappa shape index (κ1) is 38.7. The van der Waals surface area contributed by atoms with E-state index in [4.69, 9.17) is 0 Å². The number of rotatable bonds is 6. The van der Waals surface area contributed by atoms with Crippen LogP contribution in [-0.2, 0) is 34.5 Å². The Labute approximate surface area is 369 Å². The van der Waals surface area contributed by atoms with Gasteiger partial charge in [0, 0.05) is 27.3 Å². The van der Waals surface area contributed by atoms with Crippen LogP contribution in [0.5, 0.6) is 0 Å². The van der Waals surface area contributed by atoms with Crippen molar-refractivity contribution in [1.29, 1.82) is 0 Å². The molecule has 0 aromatic heterocycles. The lowest BCUT2D eigenvalue weighted by molar-refractivity contribution is 0.622. The summed E-state index contributed by atoms with van der Waals surface area (Å²) in [5.74, 6) is 0. The Bertz CT molecular complexity index is 3150. The minimum Gasteiger partial charge on any atom is -0.310 e. The molecular formula is C61H57N. The summed E-state index contributed by atoms with van der Waals surface area (Å²) < 4.78 is 0. The molecule has 0 radical (unpaired) electrons. The van der Waals surface area contributed by atoms with Gasteiger partial charge < -0.3 is 4.90 Å². The number of para-hydroxylation sites is 1. The lowest BCUT2D eigenvalue weighted by Crippen LogP contribution is -2.31. The molecule has 1 heterocycles. The van der Waals surface area contributed by atoms with Crippen molar-refractivity contribution in [3.8, 4) is 22.3 Å². The van der Waals surface area contributed by atoms with Crippen molar-refractivity contribution in [3.63, 3.8) is 0 Å². The molecule has 62 heavy (non-hydrogen) atoms. The molecule has 0 fully saturated rings. The molecule has 0 unspecified atom stereocenters. The number of fused-ring (bicyclic) bond motifs is 9. The van der Waals surface area contributed by atoms with Gasteiger partial charge in [0.05, 0.1) is 11.4 Å². The summed E-state index contributed by atoms with van der Waals surface area (Å²) in [5, 5.41) is 2.55. The van der Waals surface area contributed by atoms with Crippen molar-refractivity contribution in [3.05, 3.63) is 219 Å². The summed E-state index contributed by atoms with van der Waals surface area (Å²) in [7, 11) is 0. The molecule has 306 valence electrons. The van der Waals surface area contributed by atoms with E-state index in [1.54, 1.807) is 0 Å². The molecule has 0 spiro atoms. The lowest BCUT2D eigenvalue weighted by atomic mass is 9.72. The lowest BCUT2D eigenvalue weighted by Gasteiger charge is -2.43. The van der Waals surface area contributed by atoms with Crippen molar-refractivity contribution in [2.24, 2.45) is 0 Å². The Hall–Kier alpha value is -6.18. The van der Waals surface area contributed by atoms with Crippen LogP contribution >= 0.6 is 0 Å². The monoisotopic (exact) mass is 803 g/mol. The van der Waals surface area contributed by atoms with E-state index in [-0.39, 0.29) is 21.7 Å². The molecule has 0 N–H and O–H groups in total. The topological polar surface area (TPSA) is 3.24 Å². The molecule has 1 heteroatoms. The standard InChI is InChI=1S/C61H57N/c1-38-32-53-46(44-19-11-14-22-49(44)59(53,4)5)35-52(38)58(2,3)48-21-13-10-18-40(48)28-26-39-27-29-42-34-43(31-30-41(42)33-39)62-56-25-17-16-24-51(56)61(8,9)55-36-47-45-20-12-15-23-50(45)60(6,7)54(47)37-57(55)62/h10-25,27,29-37H,26,28H2,1-9H3. The molecule has 1 aliphatic heterocycles. The summed E-state index contributed by atoms with van der Waals surface area (Å²) in [5.41, 5.74) is 24.3. The number of hydrogen-bond donors (Lipinski definition) is 0. The van der Waals surface area contributed by atoms with Crippen molar-refractivity contribution < 1.29 is 0 Å². The third-order valence-electron chi connectivity index (χ3n) is 15.6. The van der Waals surface area contributed by atoms with E-state index in [1.807, 2.05) is 0 Å². The highest BCUT2D eigenvalue weighted by Crippen LogP contribution is 2.58. The Kier molecular flexibility index (Phi) is 8.37. The first-order valence-corrected chi connectivity index (χ1v) is 22.7. The van der Waals surface area contributed by atoms with Crippen LogP contribution in [0.3, 0.4) is 0 Å². The van der Waals surface area contributed by atoms with Gasteiger partial charge in [-0.1, -0.05) is 177 Å². The summed E-state index contributed by atoms with van der Waals surface area (Å²) in [6, 6.07) is 60.4.